The molecular formula is C16H16N4O2. The van der Waals surface area contributed by atoms with Gasteiger partial charge in [0.15, 0.2) is 5.65 Å². The van der Waals surface area contributed by atoms with Crippen molar-refractivity contribution in [3.05, 3.63) is 59.4 Å². The van der Waals surface area contributed by atoms with Crippen molar-refractivity contribution in [2.45, 2.75) is 13.5 Å². The molecule has 22 heavy (non-hydrogen) atoms. The number of imidazole rings is 1. The van der Waals surface area contributed by atoms with E-state index < -0.39 is 0 Å². The molecule has 0 atom stereocenters. The summed E-state index contributed by atoms with van der Waals surface area (Å²) in [7, 11) is 1.54. The molecule has 0 fully saturated rings. The Morgan fingerprint density at radius 1 is 1.23 bits per heavy atom. The molecule has 6 nitrogen and oxygen atoms in total. The summed E-state index contributed by atoms with van der Waals surface area (Å²) in [6.45, 7) is 2.49. The number of benzene rings is 1. The maximum absolute atomic E-state index is 12.2. The van der Waals surface area contributed by atoms with E-state index in [-0.39, 0.29) is 5.91 Å². The van der Waals surface area contributed by atoms with E-state index in [1.54, 1.807) is 25.4 Å². The van der Waals surface area contributed by atoms with Crippen LogP contribution in [0, 0.1) is 6.92 Å². The lowest BCUT2D eigenvalue weighted by Crippen LogP contribution is -2.23. The molecule has 2 heterocycles. The van der Waals surface area contributed by atoms with Crippen molar-refractivity contribution in [2.24, 2.45) is 0 Å². The number of hydrogen-bond donors (Lipinski definition) is 1. The minimum atomic E-state index is -0.231. The molecular weight excluding hydrogens is 280 g/mol. The molecule has 6 heteroatoms. The third-order valence-corrected chi connectivity index (χ3v) is 3.31. The van der Waals surface area contributed by atoms with Gasteiger partial charge in [0.2, 0.25) is 5.88 Å². The monoisotopic (exact) mass is 296 g/mol. The molecule has 0 radical (unpaired) electrons. The summed E-state index contributed by atoms with van der Waals surface area (Å²) >= 11 is 0. The number of rotatable bonds is 4. The third kappa shape index (κ3) is 2.90. The van der Waals surface area contributed by atoms with Crippen LogP contribution in [0.3, 0.4) is 0 Å². The van der Waals surface area contributed by atoms with Gasteiger partial charge < -0.3 is 10.1 Å². The Balaban J connectivity index is 1.73. The number of methoxy groups -OCH3 is 1. The number of ether oxygens (including phenoxy) is 1. The number of aromatic nitrogens is 3. The van der Waals surface area contributed by atoms with Crippen LogP contribution in [0.5, 0.6) is 5.88 Å². The van der Waals surface area contributed by atoms with E-state index >= 15 is 0 Å². The summed E-state index contributed by atoms with van der Waals surface area (Å²) in [6, 6.07) is 11.5. The highest BCUT2D eigenvalue weighted by atomic mass is 16.5. The van der Waals surface area contributed by atoms with E-state index in [1.807, 2.05) is 31.2 Å². The average Bonchev–Trinajstić information content (AvgIpc) is 2.97. The fourth-order valence-electron chi connectivity index (χ4n) is 2.06. The summed E-state index contributed by atoms with van der Waals surface area (Å²) in [5, 5.41) is 7.03. The van der Waals surface area contributed by atoms with Crippen LogP contribution in [0.25, 0.3) is 5.65 Å². The minimum absolute atomic E-state index is 0.231. The highest BCUT2D eigenvalue weighted by Gasteiger charge is 2.11. The molecule has 0 aliphatic carbocycles. The third-order valence-electron chi connectivity index (χ3n) is 3.31. The van der Waals surface area contributed by atoms with Gasteiger partial charge in [-0.15, -0.1) is 5.10 Å². The molecule has 0 aliphatic heterocycles. The largest absolute Gasteiger partial charge is 0.480 e. The van der Waals surface area contributed by atoms with Gasteiger partial charge in [-0.25, -0.2) is 9.50 Å². The maximum Gasteiger partial charge on any atom is 0.271 e. The molecule has 3 aromatic rings. The molecule has 1 aromatic carbocycles. The molecule has 0 bridgehead atoms. The predicted octanol–water partition coefficient (Wildman–Crippen LogP) is 1.98. The number of amides is 1. The molecule has 0 saturated heterocycles. The Morgan fingerprint density at radius 3 is 2.73 bits per heavy atom. The van der Waals surface area contributed by atoms with Crippen molar-refractivity contribution in [1.29, 1.82) is 0 Å². The standard InChI is InChI=1S/C16H16N4O2/c1-11-3-5-12(6-4-11)9-17-16(21)13-10-20-14(18-13)7-8-15(19-20)22-2/h3-8,10H,9H2,1-2H3,(H,17,21). The molecule has 1 N–H and O–H groups in total. The van der Waals surface area contributed by atoms with Gasteiger partial charge in [0, 0.05) is 12.6 Å². The average molecular weight is 296 g/mol. The van der Waals surface area contributed by atoms with Crippen LogP contribution < -0.4 is 10.1 Å². The van der Waals surface area contributed by atoms with Crippen molar-refractivity contribution in [1.82, 2.24) is 19.9 Å². The molecule has 112 valence electrons. The van der Waals surface area contributed by atoms with Gasteiger partial charge in [-0.3, -0.25) is 4.79 Å². The van der Waals surface area contributed by atoms with E-state index in [0.29, 0.717) is 23.8 Å². The van der Waals surface area contributed by atoms with Crippen molar-refractivity contribution < 1.29 is 9.53 Å². The quantitative estimate of drug-likeness (QED) is 0.799. The minimum Gasteiger partial charge on any atom is -0.480 e. The first-order chi connectivity index (χ1) is 10.7. The van der Waals surface area contributed by atoms with Crippen LogP contribution in [-0.4, -0.2) is 27.6 Å². The first-order valence-electron chi connectivity index (χ1n) is 6.90. The van der Waals surface area contributed by atoms with E-state index in [9.17, 15) is 4.79 Å². The smallest absolute Gasteiger partial charge is 0.271 e. The van der Waals surface area contributed by atoms with Crippen LogP contribution in [0.4, 0.5) is 0 Å². The summed E-state index contributed by atoms with van der Waals surface area (Å²) in [5.41, 5.74) is 3.16. The second kappa shape index (κ2) is 5.85. The summed E-state index contributed by atoms with van der Waals surface area (Å²) in [4.78, 5) is 16.4. The molecule has 0 spiro atoms. The normalized spacial score (nSPS) is 10.6. The zero-order valence-electron chi connectivity index (χ0n) is 12.4. The van der Waals surface area contributed by atoms with Gasteiger partial charge in [-0.1, -0.05) is 29.8 Å². The summed E-state index contributed by atoms with van der Waals surface area (Å²) in [5.74, 6) is 0.238. The molecule has 0 saturated carbocycles. The Bertz CT molecular complexity index is 809. The van der Waals surface area contributed by atoms with Crippen LogP contribution in [0.2, 0.25) is 0 Å². The first-order valence-corrected chi connectivity index (χ1v) is 6.90. The molecule has 0 aliphatic rings. The van der Waals surface area contributed by atoms with E-state index in [0.717, 1.165) is 5.56 Å². The highest BCUT2D eigenvalue weighted by Crippen LogP contribution is 2.09. The highest BCUT2D eigenvalue weighted by molar-refractivity contribution is 5.92. The summed E-state index contributed by atoms with van der Waals surface area (Å²) in [6.07, 6.45) is 1.59. The zero-order chi connectivity index (χ0) is 15.5. The Kier molecular flexibility index (Phi) is 3.74. The molecule has 3 rings (SSSR count). The van der Waals surface area contributed by atoms with Gasteiger partial charge in [0.05, 0.1) is 13.3 Å². The summed E-state index contributed by atoms with van der Waals surface area (Å²) < 4.78 is 6.57. The van der Waals surface area contributed by atoms with Gasteiger partial charge in [0.25, 0.3) is 5.91 Å². The number of nitrogens with zero attached hydrogens (tertiary/aromatic N) is 3. The van der Waals surface area contributed by atoms with E-state index in [2.05, 4.69) is 15.4 Å². The van der Waals surface area contributed by atoms with Gasteiger partial charge in [-0.05, 0) is 18.6 Å². The number of hydrogen-bond acceptors (Lipinski definition) is 4. The van der Waals surface area contributed by atoms with E-state index in [4.69, 9.17) is 4.74 Å². The molecule has 1 amide bonds. The number of nitrogens with one attached hydrogen (secondary N) is 1. The number of fused-ring (bicyclic) bond motifs is 1. The zero-order valence-corrected chi connectivity index (χ0v) is 12.4. The van der Waals surface area contributed by atoms with Crippen molar-refractivity contribution in [3.8, 4) is 5.88 Å². The predicted molar refractivity (Wildman–Crippen MR) is 81.9 cm³/mol. The Morgan fingerprint density at radius 2 is 2.00 bits per heavy atom. The second-order valence-corrected chi connectivity index (χ2v) is 4.97. The first kappa shape index (κ1) is 14.1. The van der Waals surface area contributed by atoms with Crippen LogP contribution in [0.15, 0.2) is 42.6 Å². The number of carbonyl (C=O) groups is 1. The lowest BCUT2D eigenvalue weighted by molar-refractivity contribution is 0.0946. The lowest BCUT2D eigenvalue weighted by atomic mass is 10.1. The van der Waals surface area contributed by atoms with Crippen molar-refractivity contribution in [3.63, 3.8) is 0 Å². The number of carbonyl (C=O) groups excluding carboxylic acids is 1. The number of aryl methyl sites for hydroxylation is 1. The van der Waals surface area contributed by atoms with Gasteiger partial charge >= 0.3 is 0 Å². The van der Waals surface area contributed by atoms with Crippen LogP contribution in [0.1, 0.15) is 21.6 Å². The van der Waals surface area contributed by atoms with Gasteiger partial charge in [-0.2, -0.15) is 0 Å². The Labute approximate surface area is 127 Å². The van der Waals surface area contributed by atoms with Crippen LogP contribution >= 0.6 is 0 Å². The fourth-order valence-corrected chi connectivity index (χ4v) is 2.06. The topological polar surface area (TPSA) is 68.5 Å². The lowest BCUT2D eigenvalue weighted by Gasteiger charge is -2.03. The SMILES string of the molecule is COc1ccc2nc(C(=O)NCc3ccc(C)cc3)cn2n1. The molecule has 0 unspecified atom stereocenters. The maximum atomic E-state index is 12.2. The van der Waals surface area contributed by atoms with E-state index in [1.165, 1.54) is 10.1 Å². The van der Waals surface area contributed by atoms with Crippen molar-refractivity contribution >= 4 is 11.6 Å². The van der Waals surface area contributed by atoms with Gasteiger partial charge in [0.1, 0.15) is 5.69 Å². The van der Waals surface area contributed by atoms with Crippen LogP contribution in [-0.2, 0) is 6.54 Å². The fraction of sp³-hybridized carbons (Fsp3) is 0.188. The molecule has 2 aromatic heterocycles. The second-order valence-electron chi connectivity index (χ2n) is 4.97. The Hall–Kier alpha value is -2.89. The van der Waals surface area contributed by atoms with Crippen molar-refractivity contribution in [2.75, 3.05) is 7.11 Å².